The zero-order valence-corrected chi connectivity index (χ0v) is 13.4. The summed E-state index contributed by atoms with van der Waals surface area (Å²) in [6.45, 7) is 5.63. The van der Waals surface area contributed by atoms with Crippen LogP contribution in [0.25, 0.3) is 0 Å². The molecule has 114 valence electrons. The van der Waals surface area contributed by atoms with Crippen molar-refractivity contribution in [2.24, 2.45) is 0 Å². The number of aliphatic carboxylic acids is 1. The Labute approximate surface area is 129 Å². The van der Waals surface area contributed by atoms with E-state index in [1.54, 1.807) is 11.8 Å². The van der Waals surface area contributed by atoms with Gasteiger partial charge in [-0.25, -0.2) is 4.79 Å². The van der Waals surface area contributed by atoms with E-state index in [0.717, 1.165) is 28.9 Å². The Kier molecular flexibility index (Phi) is 4.93. The molecule has 0 radical (unpaired) electrons. The molecular formula is C16H21NO3S. The van der Waals surface area contributed by atoms with E-state index < -0.39 is 12.0 Å². The Hall–Kier alpha value is -1.49. The summed E-state index contributed by atoms with van der Waals surface area (Å²) in [5.74, 6) is -0.733. The van der Waals surface area contributed by atoms with E-state index in [0.29, 0.717) is 5.75 Å². The normalized spacial score (nSPS) is 15.6. The summed E-state index contributed by atoms with van der Waals surface area (Å²) in [4.78, 5) is 26.2. The molecule has 1 aliphatic rings. The molecule has 0 saturated heterocycles. The van der Waals surface area contributed by atoms with Crippen molar-refractivity contribution in [3.8, 4) is 0 Å². The van der Waals surface area contributed by atoms with Gasteiger partial charge in [0.15, 0.2) is 0 Å². The third-order valence-corrected chi connectivity index (χ3v) is 4.84. The van der Waals surface area contributed by atoms with E-state index in [2.05, 4.69) is 6.07 Å². The minimum absolute atomic E-state index is 0.0849. The van der Waals surface area contributed by atoms with Gasteiger partial charge in [0.05, 0.1) is 5.75 Å². The van der Waals surface area contributed by atoms with Crippen LogP contribution in [0.15, 0.2) is 23.1 Å². The molecule has 5 heteroatoms. The van der Waals surface area contributed by atoms with Crippen LogP contribution in [0, 0.1) is 13.8 Å². The molecular weight excluding hydrogens is 286 g/mol. The lowest BCUT2D eigenvalue weighted by Gasteiger charge is -2.26. The fraction of sp³-hybridized carbons (Fsp3) is 0.500. The lowest BCUT2D eigenvalue weighted by Crippen LogP contribution is -2.45. The topological polar surface area (TPSA) is 57.6 Å². The average molecular weight is 307 g/mol. The maximum Gasteiger partial charge on any atom is 0.326 e. The third-order valence-electron chi connectivity index (χ3n) is 3.70. The summed E-state index contributed by atoms with van der Waals surface area (Å²) in [6, 6.07) is 5.52. The highest BCUT2D eigenvalue weighted by Crippen LogP contribution is 2.31. The van der Waals surface area contributed by atoms with Crippen molar-refractivity contribution in [3.05, 3.63) is 29.3 Å². The molecule has 1 atom stereocenters. The quantitative estimate of drug-likeness (QED) is 0.821. The molecule has 1 aliphatic carbocycles. The molecule has 0 aromatic heterocycles. The number of carbonyl (C=O) groups is 2. The molecule has 21 heavy (non-hydrogen) atoms. The molecule has 2 rings (SSSR count). The Bertz CT molecular complexity index is 554. The lowest BCUT2D eigenvalue weighted by atomic mass is 10.2. The Morgan fingerprint density at radius 3 is 2.62 bits per heavy atom. The van der Waals surface area contributed by atoms with Crippen molar-refractivity contribution in [1.29, 1.82) is 0 Å². The number of hydrogen-bond acceptors (Lipinski definition) is 3. The average Bonchev–Trinajstić information content (AvgIpc) is 3.24. The molecule has 1 saturated carbocycles. The molecule has 0 heterocycles. The van der Waals surface area contributed by atoms with E-state index >= 15 is 0 Å². The van der Waals surface area contributed by atoms with E-state index in [1.165, 1.54) is 11.8 Å². The predicted molar refractivity (Wildman–Crippen MR) is 83.6 cm³/mol. The minimum Gasteiger partial charge on any atom is -0.480 e. The van der Waals surface area contributed by atoms with Crippen LogP contribution in [-0.4, -0.2) is 39.7 Å². The van der Waals surface area contributed by atoms with Gasteiger partial charge < -0.3 is 10.0 Å². The summed E-state index contributed by atoms with van der Waals surface area (Å²) in [5.41, 5.74) is 2.30. The third kappa shape index (κ3) is 4.00. The Morgan fingerprint density at radius 2 is 2.05 bits per heavy atom. The second-order valence-corrected chi connectivity index (χ2v) is 6.62. The number of rotatable bonds is 6. The van der Waals surface area contributed by atoms with Crippen molar-refractivity contribution in [2.75, 3.05) is 5.75 Å². The standard InChI is InChI=1S/C16H21NO3S/c1-10-4-5-11(2)14(8-10)21-9-15(18)17(13-6-7-13)12(3)16(19)20/h4-5,8,12-13H,6-7,9H2,1-3H3,(H,19,20). The zero-order chi connectivity index (χ0) is 15.6. The Balaban J connectivity index is 2.02. The van der Waals surface area contributed by atoms with E-state index in [1.807, 2.05) is 26.0 Å². The highest BCUT2D eigenvalue weighted by atomic mass is 32.2. The number of aryl methyl sites for hydroxylation is 2. The van der Waals surface area contributed by atoms with Crippen molar-refractivity contribution in [2.45, 2.75) is 50.6 Å². The molecule has 1 amide bonds. The van der Waals surface area contributed by atoms with Gasteiger partial charge in [-0.1, -0.05) is 17.7 Å². The van der Waals surface area contributed by atoms with Crippen molar-refractivity contribution >= 4 is 23.6 Å². The number of benzene rings is 1. The first kappa shape index (κ1) is 15.9. The second-order valence-electron chi connectivity index (χ2n) is 5.60. The maximum atomic E-state index is 12.4. The number of nitrogens with zero attached hydrogens (tertiary/aromatic N) is 1. The number of hydrogen-bond donors (Lipinski definition) is 1. The summed E-state index contributed by atoms with van der Waals surface area (Å²) in [6.07, 6.45) is 1.83. The van der Waals surface area contributed by atoms with Crippen molar-refractivity contribution < 1.29 is 14.7 Å². The van der Waals surface area contributed by atoms with Crippen molar-refractivity contribution in [1.82, 2.24) is 4.90 Å². The van der Waals surface area contributed by atoms with E-state index in [-0.39, 0.29) is 11.9 Å². The SMILES string of the molecule is Cc1ccc(C)c(SCC(=O)N(C2CC2)C(C)C(=O)O)c1. The molecule has 1 aromatic carbocycles. The second kappa shape index (κ2) is 6.52. The molecule has 1 N–H and O–H groups in total. The number of thioether (sulfide) groups is 1. The number of carbonyl (C=O) groups excluding carboxylic acids is 1. The van der Waals surface area contributed by atoms with E-state index in [9.17, 15) is 9.59 Å². The van der Waals surface area contributed by atoms with Gasteiger partial charge in [-0.05, 0) is 45.2 Å². The first-order chi connectivity index (χ1) is 9.90. The van der Waals surface area contributed by atoms with Gasteiger partial charge in [0.1, 0.15) is 6.04 Å². The van der Waals surface area contributed by atoms with Gasteiger partial charge >= 0.3 is 5.97 Å². The van der Waals surface area contributed by atoms with Gasteiger partial charge in [0.2, 0.25) is 5.91 Å². The lowest BCUT2D eigenvalue weighted by molar-refractivity contribution is -0.148. The number of carboxylic acid groups (broad SMARTS) is 1. The summed E-state index contributed by atoms with van der Waals surface area (Å²) >= 11 is 1.49. The molecule has 1 fully saturated rings. The molecule has 1 aromatic rings. The Morgan fingerprint density at radius 1 is 1.38 bits per heavy atom. The molecule has 0 bridgehead atoms. The van der Waals surface area contributed by atoms with Crippen LogP contribution < -0.4 is 0 Å². The van der Waals surface area contributed by atoms with Crippen LogP contribution in [0.5, 0.6) is 0 Å². The van der Waals surface area contributed by atoms with Crippen molar-refractivity contribution in [3.63, 3.8) is 0 Å². The fourth-order valence-electron chi connectivity index (χ4n) is 2.28. The monoisotopic (exact) mass is 307 g/mol. The van der Waals surface area contributed by atoms with Gasteiger partial charge in [-0.2, -0.15) is 0 Å². The van der Waals surface area contributed by atoms with Gasteiger partial charge in [-0.3, -0.25) is 4.79 Å². The van der Waals surface area contributed by atoms with Crippen LogP contribution in [0.1, 0.15) is 30.9 Å². The van der Waals surface area contributed by atoms with Crippen LogP contribution in [-0.2, 0) is 9.59 Å². The highest BCUT2D eigenvalue weighted by molar-refractivity contribution is 8.00. The van der Waals surface area contributed by atoms with E-state index in [4.69, 9.17) is 5.11 Å². The van der Waals surface area contributed by atoms with Gasteiger partial charge in [-0.15, -0.1) is 11.8 Å². The summed E-state index contributed by atoms with van der Waals surface area (Å²) in [7, 11) is 0. The summed E-state index contributed by atoms with van der Waals surface area (Å²) in [5, 5.41) is 9.14. The highest BCUT2D eigenvalue weighted by Gasteiger charge is 2.38. The van der Waals surface area contributed by atoms with Crippen LogP contribution in [0.2, 0.25) is 0 Å². The number of amides is 1. The van der Waals surface area contributed by atoms with Crippen LogP contribution >= 0.6 is 11.8 Å². The van der Waals surface area contributed by atoms with Crippen LogP contribution in [0.3, 0.4) is 0 Å². The minimum atomic E-state index is -0.938. The van der Waals surface area contributed by atoms with Gasteiger partial charge in [0.25, 0.3) is 0 Å². The molecule has 0 spiro atoms. The maximum absolute atomic E-state index is 12.4. The molecule has 0 aliphatic heterocycles. The number of carboxylic acids is 1. The van der Waals surface area contributed by atoms with Gasteiger partial charge in [0, 0.05) is 10.9 Å². The fourth-order valence-corrected chi connectivity index (χ4v) is 3.28. The predicted octanol–water partition coefficient (Wildman–Crippen LogP) is 2.86. The largest absolute Gasteiger partial charge is 0.480 e. The summed E-state index contributed by atoms with van der Waals surface area (Å²) < 4.78 is 0. The smallest absolute Gasteiger partial charge is 0.326 e. The molecule has 4 nitrogen and oxygen atoms in total. The zero-order valence-electron chi connectivity index (χ0n) is 12.6. The molecule has 1 unspecified atom stereocenters. The van der Waals surface area contributed by atoms with Crippen LogP contribution in [0.4, 0.5) is 0 Å². The first-order valence-corrected chi connectivity index (χ1v) is 8.12. The first-order valence-electron chi connectivity index (χ1n) is 7.14.